The lowest BCUT2D eigenvalue weighted by Crippen LogP contribution is -2.39. The van der Waals surface area contributed by atoms with E-state index in [-0.39, 0.29) is 23.7 Å². The number of likely N-dealkylation sites (N-methyl/N-ethyl adjacent to an activating group) is 1. The van der Waals surface area contributed by atoms with Crippen molar-refractivity contribution in [3.05, 3.63) is 0 Å². The average Bonchev–Trinajstić information content (AvgIpc) is 2.84. The molecule has 0 radical (unpaired) electrons. The van der Waals surface area contributed by atoms with E-state index in [4.69, 9.17) is 0 Å². The van der Waals surface area contributed by atoms with Crippen LogP contribution in [-0.2, 0) is 10.0 Å². The summed E-state index contributed by atoms with van der Waals surface area (Å²) < 4.78 is 25.3. The molecule has 4 nitrogen and oxygen atoms in total. The molecule has 1 aliphatic rings. The summed E-state index contributed by atoms with van der Waals surface area (Å²) >= 11 is 0. The summed E-state index contributed by atoms with van der Waals surface area (Å²) in [4.78, 5) is 0. The highest BCUT2D eigenvalue weighted by Gasteiger charge is 2.35. The molecule has 86 valence electrons. The molecule has 6 heteroatoms. The standard InChI is InChI=1S/C8H18N2O2S.ClH/c1-3-9-7(2)6-10-13(11,12)8-4-5-8;/h7-10H,3-6H2,1-2H3;1H/t7-;/m1./s1. The molecule has 0 heterocycles. The van der Waals surface area contributed by atoms with Gasteiger partial charge in [-0.05, 0) is 26.3 Å². The third-order valence-corrected chi connectivity index (χ3v) is 4.02. The lowest BCUT2D eigenvalue weighted by Gasteiger charge is -2.12. The maximum Gasteiger partial charge on any atom is 0.214 e. The molecule has 0 aromatic rings. The first-order chi connectivity index (χ1) is 6.06. The lowest BCUT2D eigenvalue weighted by molar-refractivity contribution is 0.535. The van der Waals surface area contributed by atoms with E-state index in [9.17, 15) is 8.42 Å². The summed E-state index contributed by atoms with van der Waals surface area (Å²) in [5.74, 6) is 0. The van der Waals surface area contributed by atoms with E-state index in [1.54, 1.807) is 0 Å². The van der Waals surface area contributed by atoms with Gasteiger partial charge in [-0.25, -0.2) is 13.1 Å². The van der Waals surface area contributed by atoms with Crippen molar-refractivity contribution in [2.45, 2.75) is 38.0 Å². The number of hydrogen-bond donors (Lipinski definition) is 2. The molecule has 0 unspecified atom stereocenters. The lowest BCUT2D eigenvalue weighted by atomic mass is 10.3. The number of hydrogen-bond acceptors (Lipinski definition) is 3. The Labute approximate surface area is 92.3 Å². The van der Waals surface area contributed by atoms with Crippen LogP contribution in [0.5, 0.6) is 0 Å². The predicted molar refractivity (Wildman–Crippen MR) is 60.3 cm³/mol. The third-order valence-electron chi connectivity index (χ3n) is 2.11. The van der Waals surface area contributed by atoms with Crippen LogP contribution in [-0.4, -0.2) is 32.8 Å². The van der Waals surface area contributed by atoms with Crippen LogP contribution in [0, 0.1) is 0 Å². The van der Waals surface area contributed by atoms with Gasteiger partial charge in [0.1, 0.15) is 0 Å². The van der Waals surface area contributed by atoms with Gasteiger partial charge in [-0.15, -0.1) is 12.4 Å². The second-order valence-corrected chi connectivity index (χ2v) is 5.60. The van der Waals surface area contributed by atoms with Gasteiger partial charge in [-0.3, -0.25) is 0 Å². The van der Waals surface area contributed by atoms with E-state index < -0.39 is 10.0 Å². The van der Waals surface area contributed by atoms with Gasteiger partial charge in [0.25, 0.3) is 0 Å². The molecule has 2 N–H and O–H groups in total. The maximum atomic E-state index is 11.4. The Kier molecular flexibility index (Phi) is 5.97. The van der Waals surface area contributed by atoms with Crippen molar-refractivity contribution < 1.29 is 8.42 Å². The first kappa shape index (κ1) is 14.2. The molecule has 14 heavy (non-hydrogen) atoms. The van der Waals surface area contributed by atoms with Crippen LogP contribution in [0.15, 0.2) is 0 Å². The highest BCUT2D eigenvalue weighted by molar-refractivity contribution is 7.90. The van der Waals surface area contributed by atoms with E-state index in [1.807, 2.05) is 13.8 Å². The molecule has 1 rings (SSSR count). The highest BCUT2D eigenvalue weighted by atomic mass is 35.5. The van der Waals surface area contributed by atoms with Gasteiger partial charge in [-0.1, -0.05) is 6.92 Å². The second kappa shape index (κ2) is 5.90. The summed E-state index contributed by atoms with van der Waals surface area (Å²) in [5, 5.41) is 3.04. The topological polar surface area (TPSA) is 58.2 Å². The van der Waals surface area contributed by atoms with Gasteiger partial charge >= 0.3 is 0 Å². The van der Waals surface area contributed by atoms with Crippen molar-refractivity contribution in [2.75, 3.05) is 13.1 Å². The van der Waals surface area contributed by atoms with Crippen molar-refractivity contribution in [1.29, 1.82) is 0 Å². The minimum Gasteiger partial charge on any atom is -0.313 e. The Hall–Kier alpha value is 0.160. The largest absolute Gasteiger partial charge is 0.313 e. The van der Waals surface area contributed by atoms with Crippen molar-refractivity contribution >= 4 is 22.4 Å². The fourth-order valence-corrected chi connectivity index (χ4v) is 2.63. The van der Waals surface area contributed by atoms with Gasteiger partial charge in [-0.2, -0.15) is 0 Å². The van der Waals surface area contributed by atoms with Crippen LogP contribution in [0.25, 0.3) is 0 Å². The Morgan fingerprint density at radius 3 is 2.43 bits per heavy atom. The Morgan fingerprint density at radius 2 is 2.00 bits per heavy atom. The molecule has 0 bridgehead atoms. The molecule has 0 spiro atoms. The molecular formula is C8H19ClN2O2S. The molecule has 0 aliphatic heterocycles. The van der Waals surface area contributed by atoms with E-state index >= 15 is 0 Å². The molecule has 0 aromatic carbocycles. The molecular weight excluding hydrogens is 224 g/mol. The maximum absolute atomic E-state index is 11.4. The summed E-state index contributed by atoms with van der Waals surface area (Å²) in [6.45, 7) is 5.34. The van der Waals surface area contributed by atoms with Crippen molar-refractivity contribution in [1.82, 2.24) is 10.0 Å². The first-order valence-corrected chi connectivity index (χ1v) is 6.32. The van der Waals surface area contributed by atoms with Crippen molar-refractivity contribution in [3.8, 4) is 0 Å². The summed E-state index contributed by atoms with van der Waals surface area (Å²) in [6.07, 6.45) is 1.65. The first-order valence-electron chi connectivity index (χ1n) is 4.78. The summed E-state index contributed by atoms with van der Waals surface area (Å²) in [6, 6.07) is 0.207. The molecule has 0 amide bonds. The molecule has 1 fully saturated rings. The molecule has 0 aromatic heterocycles. The molecule has 0 saturated heterocycles. The Bertz CT molecular complexity index is 252. The van der Waals surface area contributed by atoms with Crippen LogP contribution >= 0.6 is 12.4 Å². The molecule has 1 atom stereocenters. The number of sulfonamides is 1. The van der Waals surface area contributed by atoms with Crippen LogP contribution < -0.4 is 10.0 Å². The second-order valence-electron chi connectivity index (χ2n) is 3.55. The van der Waals surface area contributed by atoms with Crippen molar-refractivity contribution in [2.24, 2.45) is 0 Å². The average molecular weight is 243 g/mol. The van der Waals surface area contributed by atoms with E-state index in [0.717, 1.165) is 19.4 Å². The van der Waals surface area contributed by atoms with E-state index in [1.165, 1.54) is 0 Å². The zero-order valence-electron chi connectivity index (χ0n) is 8.62. The fourth-order valence-electron chi connectivity index (χ4n) is 1.16. The van der Waals surface area contributed by atoms with Crippen molar-refractivity contribution in [3.63, 3.8) is 0 Å². The van der Waals surface area contributed by atoms with Crippen LogP contribution in [0.4, 0.5) is 0 Å². The SMILES string of the molecule is CCN[C@H](C)CNS(=O)(=O)C1CC1.Cl. The summed E-state index contributed by atoms with van der Waals surface area (Å²) in [5.41, 5.74) is 0. The predicted octanol–water partition coefficient (Wildman–Crippen LogP) is 0.488. The smallest absolute Gasteiger partial charge is 0.214 e. The van der Waals surface area contributed by atoms with Gasteiger partial charge < -0.3 is 5.32 Å². The quantitative estimate of drug-likeness (QED) is 0.713. The number of halogens is 1. The molecule has 1 aliphatic carbocycles. The summed E-state index contributed by atoms with van der Waals surface area (Å²) in [7, 11) is -2.99. The van der Waals surface area contributed by atoms with Gasteiger partial charge in [0, 0.05) is 12.6 Å². The van der Waals surface area contributed by atoms with E-state index in [2.05, 4.69) is 10.0 Å². The van der Waals surface area contributed by atoms with E-state index in [0.29, 0.717) is 6.54 Å². The zero-order chi connectivity index (χ0) is 9.90. The Morgan fingerprint density at radius 1 is 1.43 bits per heavy atom. The highest BCUT2D eigenvalue weighted by Crippen LogP contribution is 2.27. The van der Waals surface area contributed by atoms with Gasteiger partial charge in [0.2, 0.25) is 10.0 Å². The fraction of sp³-hybridized carbons (Fsp3) is 1.00. The van der Waals surface area contributed by atoms with Crippen LogP contribution in [0.2, 0.25) is 0 Å². The zero-order valence-corrected chi connectivity index (χ0v) is 10.2. The third kappa shape index (κ3) is 4.59. The van der Waals surface area contributed by atoms with Crippen LogP contribution in [0.1, 0.15) is 26.7 Å². The number of nitrogens with one attached hydrogen (secondary N) is 2. The minimum atomic E-state index is -2.99. The minimum absolute atomic E-state index is 0. The normalized spacial score (nSPS) is 18.7. The van der Waals surface area contributed by atoms with Crippen LogP contribution in [0.3, 0.4) is 0 Å². The number of rotatable bonds is 6. The Balaban J connectivity index is 0.00000169. The van der Waals surface area contributed by atoms with Gasteiger partial charge in [0.05, 0.1) is 5.25 Å². The monoisotopic (exact) mass is 242 g/mol. The molecule has 1 saturated carbocycles. The van der Waals surface area contributed by atoms with Gasteiger partial charge in [0.15, 0.2) is 0 Å².